The highest BCUT2D eigenvalue weighted by Crippen LogP contribution is 2.44. The Morgan fingerprint density at radius 1 is 1.17 bits per heavy atom. The smallest absolute Gasteiger partial charge is 0.233 e. The number of aromatic nitrogens is 2. The number of amides is 1. The SMILES string of the molecule is Nc1ncc2c(n1)CN(C(=O)C1(c3ccc(Cl)cc3)CCCC1)C2. The van der Waals surface area contributed by atoms with E-state index in [-0.39, 0.29) is 11.9 Å². The normalized spacial score (nSPS) is 18.6. The predicted molar refractivity (Wildman–Crippen MR) is 92.3 cm³/mol. The minimum atomic E-state index is -0.439. The molecule has 4 rings (SSSR count). The average Bonchev–Trinajstić information content (AvgIpc) is 3.22. The van der Waals surface area contributed by atoms with Gasteiger partial charge in [0.25, 0.3) is 0 Å². The summed E-state index contributed by atoms with van der Waals surface area (Å²) in [4.78, 5) is 23.6. The van der Waals surface area contributed by atoms with Crippen LogP contribution in [0.5, 0.6) is 0 Å². The third-order valence-electron chi connectivity index (χ3n) is 5.23. The first-order valence-corrected chi connectivity index (χ1v) is 8.62. The van der Waals surface area contributed by atoms with Gasteiger partial charge in [-0.3, -0.25) is 4.79 Å². The summed E-state index contributed by atoms with van der Waals surface area (Å²) >= 11 is 6.02. The standard InChI is InChI=1S/C18H19ClN4O/c19-14-5-3-13(4-6-14)18(7-1-2-8-18)16(24)23-10-12-9-21-17(20)22-15(12)11-23/h3-6,9H,1-2,7-8,10-11H2,(H2,20,21,22). The van der Waals surface area contributed by atoms with E-state index in [0.717, 1.165) is 42.5 Å². The highest BCUT2D eigenvalue weighted by Gasteiger charge is 2.46. The molecule has 1 fully saturated rings. The van der Waals surface area contributed by atoms with Gasteiger partial charge in [0.15, 0.2) is 0 Å². The van der Waals surface area contributed by atoms with Crippen LogP contribution in [0, 0.1) is 0 Å². The maximum Gasteiger partial charge on any atom is 0.233 e. The molecule has 2 heterocycles. The first kappa shape index (κ1) is 15.4. The van der Waals surface area contributed by atoms with Crippen molar-refractivity contribution in [3.63, 3.8) is 0 Å². The lowest BCUT2D eigenvalue weighted by Crippen LogP contribution is -2.43. The lowest BCUT2D eigenvalue weighted by atomic mass is 9.77. The molecule has 0 saturated heterocycles. The van der Waals surface area contributed by atoms with Crippen LogP contribution in [0.4, 0.5) is 5.95 Å². The third-order valence-corrected chi connectivity index (χ3v) is 5.48. The van der Waals surface area contributed by atoms with Crippen molar-refractivity contribution in [2.75, 3.05) is 5.73 Å². The number of fused-ring (bicyclic) bond motifs is 1. The average molecular weight is 343 g/mol. The molecule has 1 aliphatic heterocycles. The van der Waals surface area contributed by atoms with Crippen LogP contribution in [0.1, 0.15) is 42.5 Å². The van der Waals surface area contributed by atoms with E-state index in [1.54, 1.807) is 6.20 Å². The molecule has 2 aliphatic rings. The van der Waals surface area contributed by atoms with E-state index < -0.39 is 5.41 Å². The number of carbonyl (C=O) groups is 1. The van der Waals surface area contributed by atoms with Crippen LogP contribution in [0.3, 0.4) is 0 Å². The van der Waals surface area contributed by atoms with Crippen LogP contribution in [-0.2, 0) is 23.3 Å². The fraction of sp³-hybridized carbons (Fsp3) is 0.389. The van der Waals surface area contributed by atoms with E-state index in [0.29, 0.717) is 18.1 Å². The largest absolute Gasteiger partial charge is 0.368 e. The molecule has 6 heteroatoms. The van der Waals surface area contributed by atoms with Gasteiger partial charge in [0, 0.05) is 23.3 Å². The zero-order chi connectivity index (χ0) is 16.7. The fourth-order valence-electron chi connectivity index (χ4n) is 3.99. The Labute approximate surface area is 145 Å². The summed E-state index contributed by atoms with van der Waals surface area (Å²) in [5.41, 5.74) is 8.14. The van der Waals surface area contributed by atoms with Crippen LogP contribution in [0.15, 0.2) is 30.5 Å². The Hall–Kier alpha value is -2.14. The second-order valence-corrected chi connectivity index (χ2v) is 7.09. The Morgan fingerprint density at radius 3 is 2.58 bits per heavy atom. The summed E-state index contributed by atoms with van der Waals surface area (Å²) in [7, 11) is 0. The van der Waals surface area contributed by atoms with E-state index in [4.69, 9.17) is 17.3 Å². The number of benzene rings is 1. The van der Waals surface area contributed by atoms with Gasteiger partial charge < -0.3 is 10.6 Å². The van der Waals surface area contributed by atoms with Crippen LogP contribution in [0.2, 0.25) is 5.02 Å². The fourth-order valence-corrected chi connectivity index (χ4v) is 4.11. The minimum absolute atomic E-state index is 0.180. The summed E-state index contributed by atoms with van der Waals surface area (Å²) in [6.07, 6.45) is 5.64. The molecule has 5 nitrogen and oxygen atoms in total. The Balaban J connectivity index is 1.65. The van der Waals surface area contributed by atoms with Crippen LogP contribution in [0.25, 0.3) is 0 Å². The lowest BCUT2D eigenvalue weighted by molar-refractivity contribution is -0.138. The van der Waals surface area contributed by atoms with Gasteiger partial charge in [0.05, 0.1) is 17.7 Å². The second-order valence-electron chi connectivity index (χ2n) is 6.66. The number of halogens is 1. The number of rotatable bonds is 2. The summed E-state index contributed by atoms with van der Waals surface area (Å²) < 4.78 is 0. The molecule has 124 valence electrons. The quantitative estimate of drug-likeness (QED) is 0.910. The monoisotopic (exact) mass is 342 g/mol. The van der Waals surface area contributed by atoms with Gasteiger partial charge in [-0.1, -0.05) is 36.6 Å². The van der Waals surface area contributed by atoms with Gasteiger partial charge in [0.2, 0.25) is 11.9 Å². The first-order chi connectivity index (χ1) is 11.6. The van der Waals surface area contributed by atoms with Crippen LogP contribution in [-0.4, -0.2) is 20.8 Å². The first-order valence-electron chi connectivity index (χ1n) is 8.24. The van der Waals surface area contributed by atoms with Gasteiger partial charge in [-0.15, -0.1) is 0 Å². The van der Waals surface area contributed by atoms with Gasteiger partial charge in [-0.2, -0.15) is 0 Å². The molecule has 0 atom stereocenters. The molecule has 0 spiro atoms. The Kier molecular flexibility index (Phi) is 3.68. The van der Waals surface area contributed by atoms with Gasteiger partial charge >= 0.3 is 0 Å². The van der Waals surface area contributed by atoms with Gasteiger partial charge in [0.1, 0.15) is 0 Å². The molecule has 0 radical (unpaired) electrons. The molecule has 1 aromatic heterocycles. The molecule has 1 aromatic carbocycles. The Bertz CT molecular complexity index is 784. The summed E-state index contributed by atoms with van der Waals surface area (Å²) in [6, 6.07) is 7.73. The predicted octanol–water partition coefficient (Wildman–Crippen LogP) is 3.07. The third kappa shape index (κ3) is 2.44. The van der Waals surface area contributed by atoms with Gasteiger partial charge in [-0.25, -0.2) is 9.97 Å². The van der Waals surface area contributed by atoms with Crippen LogP contribution < -0.4 is 5.73 Å². The summed E-state index contributed by atoms with van der Waals surface area (Å²) in [5, 5.41) is 0.693. The van der Waals surface area contributed by atoms with Crippen molar-refractivity contribution in [1.29, 1.82) is 0 Å². The highest BCUT2D eigenvalue weighted by atomic mass is 35.5. The molecule has 24 heavy (non-hydrogen) atoms. The van der Waals surface area contributed by atoms with E-state index >= 15 is 0 Å². The molecule has 2 aromatic rings. The van der Waals surface area contributed by atoms with Crippen molar-refractivity contribution in [2.24, 2.45) is 0 Å². The van der Waals surface area contributed by atoms with E-state index in [9.17, 15) is 4.79 Å². The number of hydrogen-bond acceptors (Lipinski definition) is 4. The number of nitrogens with zero attached hydrogens (tertiary/aromatic N) is 3. The molecular weight excluding hydrogens is 324 g/mol. The number of nitrogens with two attached hydrogens (primary N) is 1. The van der Waals surface area contributed by atoms with Crippen molar-refractivity contribution in [3.8, 4) is 0 Å². The number of carbonyl (C=O) groups excluding carboxylic acids is 1. The number of anilines is 1. The lowest BCUT2D eigenvalue weighted by Gasteiger charge is -2.32. The maximum atomic E-state index is 13.4. The van der Waals surface area contributed by atoms with Gasteiger partial charge in [-0.05, 0) is 30.5 Å². The summed E-state index contributed by atoms with van der Waals surface area (Å²) in [6.45, 7) is 1.07. The Morgan fingerprint density at radius 2 is 1.88 bits per heavy atom. The zero-order valence-corrected chi connectivity index (χ0v) is 14.1. The van der Waals surface area contributed by atoms with Crippen molar-refractivity contribution >= 4 is 23.5 Å². The topological polar surface area (TPSA) is 72.1 Å². The molecule has 2 N–H and O–H groups in total. The highest BCUT2D eigenvalue weighted by molar-refractivity contribution is 6.30. The molecule has 1 aliphatic carbocycles. The van der Waals surface area contributed by atoms with Crippen LogP contribution >= 0.6 is 11.6 Å². The number of hydrogen-bond donors (Lipinski definition) is 1. The van der Waals surface area contributed by atoms with Crippen molar-refractivity contribution < 1.29 is 4.79 Å². The molecule has 0 unspecified atom stereocenters. The second kappa shape index (κ2) is 5.74. The number of nitrogen functional groups attached to an aromatic ring is 1. The molecule has 0 bridgehead atoms. The van der Waals surface area contributed by atoms with Crippen molar-refractivity contribution in [3.05, 3.63) is 52.3 Å². The summed E-state index contributed by atoms with van der Waals surface area (Å²) in [5.74, 6) is 0.440. The maximum absolute atomic E-state index is 13.4. The minimum Gasteiger partial charge on any atom is -0.368 e. The molecule has 1 saturated carbocycles. The molecular formula is C18H19ClN4O. The van der Waals surface area contributed by atoms with E-state index in [1.807, 2.05) is 29.2 Å². The molecule has 1 amide bonds. The van der Waals surface area contributed by atoms with E-state index in [1.165, 1.54) is 0 Å². The zero-order valence-electron chi connectivity index (χ0n) is 13.3. The van der Waals surface area contributed by atoms with Crippen molar-refractivity contribution in [2.45, 2.75) is 44.2 Å². The van der Waals surface area contributed by atoms with E-state index in [2.05, 4.69) is 9.97 Å². The van der Waals surface area contributed by atoms with Crippen molar-refractivity contribution in [1.82, 2.24) is 14.9 Å².